The Balaban J connectivity index is 0.00000480. The lowest BCUT2D eigenvalue weighted by Gasteiger charge is -2.16. The number of hydrogen-bond acceptors (Lipinski definition) is 5. The first kappa shape index (κ1) is 27.2. The summed E-state index contributed by atoms with van der Waals surface area (Å²) in [6.07, 6.45) is 1.71. The van der Waals surface area contributed by atoms with E-state index in [9.17, 15) is 4.39 Å². The molecule has 6 nitrogen and oxygen atoms in total. The third-order valence-electron chi connectivity index (χ3n) is 4.39. The van der Waals surface area contributed by atoms with Gasteiger partial charge >= 0.3 is 0 Å². The molecule has 0 atom stereocenters. The quantitative estimate of drug-likeness (QED) is 0.139. The van der Waals surface area contributed by atoms with Gasteiger partial charge in [-0.05, 0) is 48.9 Å². The predicted molar refractivity (Wildman–Crippen MR) is 136 cm³/mol. The molecule has 0 unspecified atom stereocenters. The number of nitrogens with zero attached hydrogens (tertiary/aromatic N) is 1. The van der Waals surface area contributed by atoms with Gasteiger partial charge in [0.05, 0.1) is 21.3 Å². The molecule has 31 heavy (non-hydrogen) atoms. The van der Waals surface area contributed by atoms with Crippen LogP contribution >= 0.6 is 35.7 Å². The van der Waals surface area contributed by atoms with Crippen molar-refractivity contribution >= 4 is 41.7 Å². The third-order valence-corrected chi connectivity index (χ3v) is 5.49. The van der Waals surface area contributed by atoms with Gasteiger partial charge in [-0.1, -0.05) is 6.07 Å². The van der Waals surface area contributed by atoms with Crippen LogP contribution in [0.5, 0.6) is 17.2 Å². The van der Waals surface area contributed by atoms with Crippen molar-refractivity contribution in [2.24, 2.45) is 4.99 Å². The lowest BCUT2D eigenvalue weighted by molar-refractivity contribution is 0.322. The zero-order valence-electron chi connectivity index (χ0n) is 18.4. The van der Waals surface area contributed by atoms with Crippen LogP contribution in [0.3, 0.4) is 0 Å². The summed E-state index contributed by atoms with van der Waals surface area (Å²) in [5.41, 5.74) is 1.02. The fraction of sp³-hybridized carbons (Fsp3) is 0.409. The molecule has 2 aromatic rings. The number of thioether (sulfide) groups is 1. The molecule has 2 aromatic carbocycles. The van der Waals surface area contributed by atoms with Crippen LogP contribution in [0.15, 0.2) is 46.3 Å². The summed E-state index contributed by atoms with van der Waals surface area (Å²) in [5, 5.41) is 6.62. The minimum Gasteiger partial charge on any atom is -0.493 e. The van der Waals surface area contributed by atoms with E-state index in [4.69, 9.17) is 14.2 Å². The van der Waals surface area contributed by atoms with E-state index in [1.807, 2.05) is 12.1 Å². The van der Waals surface area contributed by atoms with Gasteiger partial charge in [0.1, 0.15) is 5.82 Å². The van der Waals surface area contributed by atoms with Crippen LogP contribution < -0.4 is 24.8 Å². The van der Waals surface area contributed by atoms with Gasteiger partial charge in [-0.2, -0.15) is 0 Å². The first-order valence-electron chi connectivity index (χ1n) is 9.73. The second-order valence-electron chi connectivity index (χ2n) is 6.33. The van der Waals surface area contributed by atoms with Gasteiger partial charge in [0.15, 0.2) is 17.5 Å². The van der Waals surface area contributed by atoms with Crippen LogP contribution in [-0.2, 0) is 6.42 Å². The Morgan fingerprint density at radius 3 is 2.23 bits per heavy atom. The van der Waals surface area contributed by atoms with Crippen molar-refractivity contribution in [1.82, 2.24) is 10.6 Å². The second kappa shape index (κ2) is 15.0. The van der Waals surface area contributed by atoms with E-state index >= 15 is 0 Å². The van der Waals surface area contributed by atoms with Crippen molar-refractivity contribution < 1.29 is 18.6 Å². The number of rotatable bonds is 11. The predicted octanol–water partition coefficient (Wildman–Crippen LogP) is 4.36. The first-order chi connectivity index (χ1) is 14.6. The topological polar surface area (TPSA) is 64.1 Å². The molecule has 0 aliphatic heterocycles. The number of nitrogens with one attached hydrogen (secondary N) is 2. The van der Waals surface area contributed by atoms with E-state index < -0.39 is 0 Å². The third kappa shape index (κ3) is 8.64. The van der Waals surface area contributed by atoms with Crippen molar-refractivity contribution in [2.75, 3.05) is 47.2 Å². The molecule has 0 saturated carbocycles. The molecule has 2 N–H and O–H groups in total. The summed E-state index contributed by atoms with van der Waals surface area (Å²) in [5.74, 6) is 3.40. The van der Waals surface area contributed by atoms with Crippen LogP contribution in [0.25, 0.3) is 0 Å². The highest BCUT2D eigenvalue weighted by atomic mass is 127. The smallest absolute Gasteiger partial charge is 0.203 e. The Hall–Kier alpha value is -1.88. The van der Waals surface area contributed by atoms with Crippen molar-refractivity contribution in [3.8, 4) is 17.2 Å². The molecule has 0 bridgehead atoms. The van der Waals surface area contributed by atoms with E-state index in [1.54, 1.807) is 52.3 Å². The molecule has 0 saturated heterocycles. The van der Waals surface area contributed by atoms with E-state index in [1.165, 1.54) is 12.1 Å². The van der Waals surface area contributed by atoms with Crippen molar-refractivity contribution in [1.29, 1.82) is 0 Å². The molecule has 2 rings (SSSR count). The van der Waals surface area contributed by atoms with E-state index in [0.717, 1.165) is 41.6 Å². The van der Waals surface area contributed by atoms with Gasteiger partial charge in [-0.15, -0.1) is 35.7 Å². The van der Waals surface area contributed by atoms with Gasteiger partial charge in [0.2, 0.25) is 5.75 Å². The van der Waals surface area contributed by atoms with Gasteiger partial charge in [-0.25, -0.2) is 4.39 Å². The zero-order valence-corrected chi connectivity index (χ0v) is 21.5. The monoisotopic (exact) mass is 563 g/mol. The Morgan fingerprint density at radius 2 is 1.61 bits per heavy atom. The number of benzene rings is 2. The minimum atomic E-state index is -0.207. The van der Waals surface area contributed by atoms with E-state index in [2.05, 4.69) is 15.6 Å². The highest BCUT2D eigenvalue weighted by molar-refractivity contribution is 14.0. The van der Waals surface area contributed by atoms with Gasteiger partial charge in [0.25, 0.3) is 0 Å². The molecule has 0 amide bonds. The molecule has 9 heteroatoms. The van der Waals surface area contributed by atoms with Crippen molar-refractivity contribution in [3.05, 3.63) is 47.8 Å². The molecule has 0 radical (unpaired) electrons. The van der Waals surface area contributed by atoms with Gasteiger partial charge in [0, 0.05) is 30.6 Å². The Bertz CT molecular complexity index is 822. The maximum absolute atomic E-state index is 12.9. The summed E-state index contributed by atoms with van der Waals surface area (Å²) in [4.78, 5) is 5.33. The van der Waals surface area contributed by atoms with Crippen LogP contribution in [0.1, 0.15) is 12.0 Å². The molecule has 172 valence electrons. The number of ether oxygens (including phenoxy) is 3. The fourth-order valence-corrected chi connectivity index (χ4v) is 3.75. The summed E-state index contributed by atoms with van der Waals surface area (Å²) >= 11 is 1.71. The van der Waals surface area contributed by atoms with Gasteiger partial charge < -0.3 is 24.8 Å². The number of halogens is 2. The van der Waals surface area contributed by atoms with Crippen LogP contribution in [0.4, 0.5) is 4.39 Å². The molecular weight excluding hydrogens is 532 g/mol. The summed E-state index contributed by atoms with van der Waals surface area (Å²) in [6, 6.07) is 10.4. The molecule has 0 aliphatic rings. The number of guanidine groups is 1. The molecular formula is C22H31FIN3O3S. The van der Waals surface area contributed by atoms with Crippen LogP contribution in [0.2, 0.25) is 0 Å². The lowest BCUT2D eigenvalue weighted by Crippen LogP contribution is -2.38. The molecule has 0 heterocycles. The highest BCUT2D eigenvalue weighted by Crippen LogP contribution is 2.39. The Labute approximate surface area is 205 Å². The number of aliphatic imine (C=N–C) groups is 1. The molecule has 0 aliphatic carbocycles. The normalized spacial score (nSPS) is 10.8. The average molecular weight is 563 g/mol. The number of methoxy groups -OCH3 is 3. The highest BCUT2D eigenvalue weighted by Gasteiger charge is 2.15. The van der Waals surface area contributed by atoms with E-state index in [0.29, 0.717) is 23.8 Å². The first-order valence-corrected chi connectivity index (χ1v) is 10.7. The van der Waals surface area contributed by atoms with Crippen LogP contribution in [0, 0.1) is 5.82 Å². The van der Waals surface area contributed by atoms with Crippen molar-refractivity contribution in [2.45, 2.75) is 17.7 Å². The van der Waals surface area contributed by atoms with Crippen molar-refractivity contribution in [3.63, 3.8) is 0 Å². The van der Waals surface area contributed by atoms with Crippen LogP contribution in [-0.4, -0.2) is 53.2 Å². The average Bonchev–Trinajstić information content (AvgIpc) is 2.78. The summed E-state index contributed by atoms with van der Waals surface area (Å²) in [6.45, 7) is 1.49. The van der Waals surface area contributed by atoms with E-state index in [-0.39, 0.29) is 29.8 Å². The second-order valence-corrected chi connectivity index (χ2v) is 7.49. The number of hydrogen-bond donors (Lipinski definition) is 2. The SMILES string of the molecule is CN=C(NCCCSc1ccc(F)cc1)NCCc1ccc(OC)c(OC)c1OC.I. The standard InChI is InChI=1S/C22H30FN3O3S.HI/c1-24-22(25-13-5-15-30-18-9-7-17(23)8-10-18)26-14-12-16-6-11-19(27-2)21(29-4)20(16)28-3;/h6-11H,5,12-15H2,1-4H3,(H2,24,25,26);1H. The lowest BCUT2D eigenvalue weighted by atomic mass is 10.1. The maximum atomic E-state index is 12.9. The summed E-state index contributed by atoms with van der Waals surface area (Å²) in [7, 11) is 6.58. The Morgan fingerprint density at radius 1 is 0.935 bits per heavy atom. The largest absolute Gasteiger partial charge is 0.493 e. The summed E-state index contributed by atoms with van der Waals surface area (Å²) < 4.78 is 29.2. The molecule has 0 spiro atoms. The fourth-order valence-electron chi connectivity index (χ4n) is 2.90. The minimum absolute atomic E-state index is 0. The molecule has 0 aromatic heterocycles. The maximum Gasteiger partial charge on any atom is 0.203 e. The Kier molecular flexibility index (Phi) is 13.1. The molecule has 0 fully saturated rings. The zero-order chi connectivity index (χ0) is 21.8. The van der Waals surface area contributed by atoms with Gasteiger partial charge in [-0.3, -0.25) is 4.99 Å².